The summed E-state index contributed by atoms with van der Waals surface area (Å²) in [5.74, 6) is -3.27. The first-order valence-electron chi connectivity index (χ1n) is 8.23. The lowest BCUT2D eigenvalue weighted by Gasteiger charge is -2.27. The van der Waals surface area contributed by atoms with Gasteiger partial charge in [0, 0.05) is 5.69 Å². The average molecular weight is 394 g/mol. The Balaban J connectivity index is 1.72. The van der Waals surface area contributed by atoms with Crippen LogP contribution in [0, 0.1) is 11.8 Å². The molecular weight excluding hydrogens is 376 g/mol. The summed E-state index contributed by atoms with van der Waals surface area (Å²) >= 11 is 2.52. The van der Waals surface area contributed by atoms with Gasteiger partial charge in [0.05, 0.1) is 27.8 Å². The molecule has 1 aliphatic rings. The summed E-state index contributed by atoms with van der Waals surface area (Å²) in [4.78, 5) is 38.9. The fraction of sp³-hybridized carbons (Fsp3) is 0.412. The predicted octanol–water partition coefficient (Wildman–Crippen LogP) is 3.30. The van der Waals surface area contributed by atoms with Crippen LogP contribution in [0.2, 0.25) is 0 Å². The lowest BCUT2D eigenvalue weighted by Crippen LogP contribution is -2.36. The molecule has 9 heteroatoms. The van der Waals surface area contributed by atoms with Crippen LogP contribution < -0.4 is 5.32 Å². The fourth-order valence-corrected chi connectivity index (χ4v) is 4.97. The monoisotopic (exact) mass is 394 g/mol. The highest BCUT2D eigenvalue weighted by atomic mass is 32.2. The molecule has 1 fully saturated rings. The van der Waals surface area contributed by atoms with Gasteiger partial charge in [0.25, 0.3) is 0 Å². The summed E-state index contributed by atoms with van der Waals surface area (Å²) in [6, 6.07) is 5.28. The number of rotatable bonds is 6. The molecule has 138 valence electrons. The van der Waals surface area contributed by atoms with Crippen molar-refractivity contribution < 1.29 is 24.6 Å². The number of amides is 1. The average Bonchev–Trinajstić information content (AvgIpc) is 3.02. The number of aliphatic carboxylic acids is 2. The zero-order valence-electron chi connectivity index (χ0n) is 13.8. The van der Waals surface area contributed by atoms with Gasteiger partial charge in [-0.1, -0.05) is 24.6 Å². The Morgan fingerprint density at radius 2 is 1.92 bits per heavy atom. The molecule has 7 nitrogen and oxygen atoms in total. The van der Waals surface area contributed by atoms with E-state index in [1.54, 1.807) is 18.2 Å². The van der Waals surface area contributed by atoms with Gasteiger partial charge in [0.15, 0.2) is 4.34 Å². The fourth-order valence-electron chi connectivity index (χ4n) is 3.14. The number of carboxylic acid groups (broad SMARTS) is 2. The third-order valence-corrected chi connectivity index (χ3v) is 6.52. The molecule has 3 N–H and O–H groups in total. The normalized spacial score (nSPS) is 20.0. The summed E-state index contributed by atoms with van der Waals surface area (Å²) in [5, 5.41) is 20.9. The smallest absolute Gasteiger partial charge is 0.313 e. The second-order valence-electron chi connectivity index (χ2n) is 6.17. The molecule has 2 aromatic rings. The Morgan fingerprint density at radius 3 is 2.62 bits per heavy atom. The molecule has 0 bridgehead atoms. The number of thioether (sulfide) groups is 1. The number of anilines is 1. The van der Waals surface area contributed by atoms with E-state index in [1.165, 1.54) is 11.3 Å². The first-order valence-corrected chi connectivity index (χ1v) is 10.0. The maximum atomic E-state index is 12.5. The van der Waals surface area contributed by atoms with E-state index in [9.17, 15) is 19.5 Å². The van der Waals surface area contributed by atoms with Crippen LogP contribution in [0.3, 0.4) is 0 Å². The molecule has 0 saturated heterocycles. The van der Waals surface area contributed by atoms with Crippen LogP contribution in [-0.2, 0) is 14.4 Å². The van der Waals surface area contributed by atoms with Crippen LogP contribution in [0.4, 0.5) is 5.69 Å². The second kappa shape index (κ2) is 8.05. The number of fused-ring (bicyclic) bond motifs is 1. The van der Waals surface area contributed by atoms with Gasteiger partial charge in [-0.05, 0) is 31.0 Å². The van der Waals surface area contributed by atoms with Crippen molar-refractivity contribution in [3.05, 3.63) is 18.2 Å². The number of hydrogen-bond donors (Lipinski definition) is 3. The quantitative estimate of drug-likeness (QED) is 0.644. The lowest BCUT2D eigenvalue weighted by atomic mass is 9.78. The SMILES string of the molecule is O=C(O)CSc1nc2ccc(NC(=O)[C@@H]3CCCC[C@H]3C(=O)O)cc2s1. The molecule has 1 aliphatic carbocycles. The third kappa shape index (κ3) is 4.34. The number of thiazole rings is 1. The molecule has 0 radical (unpaired) electrons. The highest BCUT2D eigenvalue weighted by molar-refractivity contribution is 8.01. The van der Waals surface area contributed by atoms with E-state index in [-0.39, 0.29) is 11.7 Å². The Bertz CT molecular complexity index is 851. The van der Waals surface area contributed by atoms with Gasteiger partial charge in [-0.25, -0.2) is 4.98 Å². The van der Waals surface area contributed by atoms with Crippen LogP contribution in [0.25, 0.3) is 10.2 Å². The molecule has 26 heavy (non-hydrogen) atoms. The zero-order valence-corrected chi connectivity index (χ0v) is 15.4. The number of hydrogen-bond acceptors (Lipinski definition) is 6. The highest BCUT2D eigenvalue weighted by Crippen LogP contribution is 2.33. The minimum Gasteiger partial charge on any atom is -0.481 e. The van der Waals surface area contributed by atoms with Gasteiger partial charge in [-0.2, -0.15) is 0 Å². The molecule has 1 aromatic heterocycles. The zero-order chi connectivity index (χ0) is 18.7. The second-order valence-corrected chi connectivity index (χ2v) is 8.42. The molecule has 1 saturated carbocycles. The Hall–Kier alpha value is -2.13. The van der Waals surface area contributed by atoms with Crippen molar-refractivity contribution in [2.24, 2.45) is 11.8 Å². The number of benzene rings is 1. The summed E-state index contributed by atoms with van der Waals surface area (Å²) in [6.07, 6.45) is 2.82. The Kier molecular flexibility index (Phi) is 5.77. The highest BCUT2D eigenvalue weighted by Gasteiger charge is 2.35. The van der Waals surface area contributed by atoms with Gasteiger partial charge < -0.3 is 15.5 Å². The van der Waals surface area contributed by atoms with Gasteiger partial charge in [-0.3, -0.25) is 14.4 Å². The number of carbonyl (C=O) groups is 3. The van der Waals surface area contributed by atoms with Crippen molar-refractivity contribution in [2.45, 2.75) is 30.0 Å². The lowest BCUT2D eigenvalue weighted by molar-refractivity contribution is -0.147. The maximum absolute atomic E-state index is 12.5. The van der Waals surface area contributed by atoms with Crippen LogP contribution in [-0.4, -0.2) is 38.8 Å². The minimum atomic E-state index is -0.914. The van der Waals surface area contributed by atoms with Crippen molar-refractivity contribution in [2.75, 3.05) is 11.1 Å². The molecule has 0 spiro atoms. The number of carboxylic acids is 2. The molecule has 2 atom stereocenters. The van der Waals surface area contributed by atoms with E-state index in [1.807, 2.05) is 0 Å². The summed E-state index contributed by atoms with van der Waals surface area (Å²) < 4.78 is 1.50. The van der Waals surface area contributed by atoms with Crippen LogP contribution >= 0.6 is 23.1 Å². The number of nitrogens with one attached hydrogen (secondary N) is 1. The van der Waals surface area contributed by atoms with Crippen molar-refractivity contribution in [1.82, 2.24) is 4.98 Å². The Morgan fingerprint density at radius 1 is 1.19 bits per heavy atom. The largest absolute Gasteiger partial charge is 0.481 e. The van der Waals surface area contributed by atoms with Crippen molar-refractivity contribution in [3.8, 4) is 0 Å². The number of nitrogens with zero attached hydrogens (tertiary/aromatic N) is 1. The standard InChI is InChI=1S/C17H18N2O5S2/c20-14(21)8-25-17-19-12-6-5-9(7-13(12)26-17)18-15(22)10-3-1-2-4-11(10)16(23)24/h5-7,10-11H,1-4,8H2,(H,18,22)(H,20,21)(H,23,24)/t10-,11-/m1/s1. The van der Waals surface area contributed by atoms with E-state index >= 15 is 0 Å². The maximum Gasteiger partial charge on any atom is 0.313 e. The van der Waals surface area contributed by atoms with Crippen LogP contribution in [0.5, 0.6) is 0 Å². The van der Waals surface area contributed by atoms with Crippen molar-refractivity contribution in [3.63, 3.8) is 0 Å². The van der Waals surface area contributed by atoms with Crippen LogP contribution in [0.15, 0.2) is 22.5 Å². The van der Waals surface area contributed by atoms with Crippen molar-refractivity contribution in [1.29, 1.82) is 0 Å². The molecule has 1 aromatic carbocycles. The molecule has 3 rings (SSSR count). The van der Waals surface area contributed by atoms with Crippen molar-refractivity contribution >= 4 is 56.8 Å². The van der Waals surface area contributed by atoms with Gasteiger partial charge >= 0.3 is 11.9 Å². The summed E-state index contributed by atoms with van der Waals surface area (Å²) in [5.41, 5.74) is 1.33. The number of aromatic nitrogens is 1. The van der Waals surface area contributed by atoms with Gasteiger partial charge in [0.2, 0.25) is 5.91 Å². The van der Waals surface area contributed by atoms with E-state index < -0.39 is 23.8 Å². The van der Waals surface area contributed by atoms with Gasteiger partial charge in [-0.15, -0.1) is 11.3 Å². The molecule has 0 aliphatic heterocycles. The summed E-state index contributed by atoms with van der Waals surface area (Å²) in [7, 11) is 0. The van der Waals surface area contributed by atoms with Gasteiger partial charge in [0.1, 0.15) is 0 Å². The van der Waals surface area contributed by atoms with E-state index in [4.69, 9.17) is 5.11 Å². The predicted molar refractivity (Wildman–Crippen MR) is 99.7 cm³/mol. The molecule has 1 amide bonds. The topological polar surface area (TPSA) is 117 Å². The molecular formula is C17H18N2O5S2. The first kappa shape index (κ1) is 18.7. The molecule has 0 unspecified atom stereocenters. The summed E-state index contributed by atoms with van der Waals surface area (Å²) in [6.45, 7) is 0. The number of carbonyl (C=O) groups excluding carboxylic acids is 1. The first-order chi connectivity index (χ1) is 12.4. The minimum absolute atomic E-state index is 0.0539. The Labute approximate surface area is 157 Å². The van der Waals surface area contributed by atoms with Crippen LogP contribution in [0.1, 0.15) is 25.7 Å². The third-order valence-electron chi connectivity index (χ3n) is 4.38. The van der Waals surface area contributed by atoms with E-state index in [0.717, 1.165) is 34.8 Å². The molecule has 1 heterocycles. The van der Waals surface area contributed by atoms with E-state index in [0.29, 0.717) is 22.9 Å². The van der Waals surface area contributed by atoms with E-state index in [2.05, 4.69) is 10.3 Å².